The van der Waals surface area contributed by atoms with Crippen molar-refractivity contribution in [3.8, 4) is 0 Å². The van der Waals surface area contributed by atoms with Crippen molar-refractivity contribution < 1.29 is 9.72 Å². The predicted molar refractivity (Wildman–Crippen MR) is 72.4 cm³/mol. The second-order valence-electron chi connectivity index (χ2n) is 3.87. The molecular formula is C13H9ClN2O3. The van der Waals surface area contributed by atoms with Crippen LogP contribution in [0.3, 0.4) is 0 Å². The van der Waals surface area contributed by atoms with Crippen LogP contribution in [0.5, 0.6) is 0 Å². The molecule has 0 radical (unpaired) electrons. The molecule has 0 unspecified atom stereocenters. The lowest BCUT2D eigenvalue weighted by Gasteiger charge is -2.03. The highest BCUT2D eigenvalue weighted by molar-refractivity contribution is 6.31. The summed E-state index contributed by atoms with van der Waals surface area (Å²) in [7, 11) is 0. The standard InChI is InChI=1S/C13H9ClN2O3/c14-10-3-1-2-8(6-10)13(17)9-4-5-11(15)12(7-9)16(18)19/h1-7H,15H2. The summed E-state index contributed by atoms with van der Waals surface area (Å²) in [5.74, 6) is -0.342. The number of benzene rings is 2. The number of hydrogen-bond acceptors (Lipinski definition) is 4. The van der Waals surface area contributed by atoms with Gasteiger partial charge in [-0.15, -0.1) is 0 Å². The van der Waals surface area contributed by atoms with Crippen LogP contribution in [0.4, 0.5) is 11.4 Å². The number of nitrogen functional groups attached to an aromatic ring is 1. The average molecular weight is 277 g/mol. The van der Waals surface area contributed by atoms with E-state index < -0.39 is 4.92 Å². The molecule has 96 valence electrons. The van der Waals surface area contributed by atoms with Crippen molar-refractivity contribution in [1.82, 2.24) is 0 Å². The Morgan fingerprint density at radius 1 is 1.16 bits per heavy atom. The Bertz CT molecular complexity index is 671. The second-order valence-corrected chi connectivity index (χ2v) is 4.31. The van der Waals surface area contributed by atoms with Gasteiger partial charge in [-0.25, -0.2) is 0 Å². The SMILES string of the molecule is Nc1ccc(C(=O)c2cccc(Cl)c2)cc1[N+](=O)[O-]. The summed E-state index contributed by atoms with van der Waals surface area (Å²) < 4.78 is 0. The topological polar surface area (TPSA) is 86.2 Å². The lowest BCUT2D eigenvalue weighted by atomic mass is 10.0. The van der Waals surface area contributed by atoms with Gasteiger partial charge in [-0.2, -0.15) is 0 Å². The fraction of sp³-hybridized carbons (Fsp3) is 0. The maximum Gasteiger partial charge on any atom is 0.292 e. The first-order valence-electron chi connectivity index (χ1n) is 5.33. The summed E-state index contributed by atoms with van der Waals surface area (Å²) in [5.41, 5.74) is 5.78. The smallest absolute Gasteiger partial charge is 0.292 e. The van der Waals surface area contributed by atoms with E-state index in [0.717, 1.165) is 0 Å². The Morgan fingerprint density at radius 2 is 1.84 bits per heavy atom. The number of nitrogens with two attached hydrogens (primary N) is 1. The summed E-state index contributed by atoms with van der Waals surface area (Å²) in [6.45, 7) is 0. The molecule has 0 heterocycles. The van der Waals surface area contributed by atoms with E-state index >= 15 is 0 Å². The third-order valence-corrected chi connectivity index (χ3v) is 2.81. The summed E-state index contributed by atoms with van der Waals surface area (Å²) in [6, 6.07) is 10.3. The van der Waals surface area contributed by atoms with E-state index in [1.807, 2.05) is 0 Å². The minimum atomic E-state index is -0.621. The Balaban J connectivity index is 2.45. The van der Waals surface area contributed by atoms with Crippen LogP contribution >= 0.6 is 11.6 Å². The van der Waals surface area contributed by atoms with Gasteiger partial charge in [0.2, 0.25) is 0 Å². The molecule has 0 amide bonds. The van der Waals surface area contributed by atoms with Gasteiger partial charge in [-0.1, -0.05) is 23.7 Å². The van der Waals surface area contributed by atoms with Crippen molar-refractivity contribution in [3.05, 3.63) is 68.7 Å². The van der Waals surface area contributed by atoms with E-state index in [4.69, 9.17) is 17.3 Å². The Labute approximate surface area is 113 Å². The molecule has 0 saturated carbocycles. The predicted octanol–water partition coefficient (Wildman–Crippen LogP) is 3.06. The van der Waals surface area contributed by atoms with Gasteiger partial charge >= 0.3 is 0 Å². The number of anilines is 1. The number of nitrogens with zero attached hydrogens (tertiary/aromatic N) is 1. The summed E-state index contributed by atoms with van der Waals surface area (Å²) in [5, 5.41) is 11.2. The van der Waals surface area contributed by atoms with Crippen LogP contribution in [0.1, 0.15) is 15.9 Å². The van der Waals surface area contributed by atoms with E-state index in [1.165, 1.54) is 24.3 Å². The highest BCUT2D eigenvalue weighted by atomic mass is 35.5. The lowest BCUT2D eigenvalue weighted by molar-refractivity contribution is -0.383. The molecule has 19 heavy (non-hydrogen) atoms. The Kier molecular flexibility index (Phi) is 3.48. The molecule has 0 aromatic heterocycles. The third kappa shape index (κ3) is 2.71. The molecule has 2 rings (SSSR count). The van der Waals surface area contributed by atoms with E-state index in [-0.39, 0.29) is 22.7 Å². The zero-order valence-electron chi connectivity index (χ0n) is 9.67. The maximum absolute atomic E-state index is 12.2. The normalized spacial score (nSPS) is 10.2. The highest BCUT2D eigenvalue weighted by Crippen LogP contribution is 2.24. The molecule has 0 bridgehead atoms. The number of hydrogen-bond donors (Lipinski definition) is 1. The Hall–Kier alpha value is -2.40. The van der Waals surface area contributed by atoms with Crippen molar-refractivity contribution in [2.24, 2.45) is 0 Å². The molecule has 0 atom stereocenters. The van der Waals surface area contributed by atoms with Gasteiger partial charge in [0, 0.05) is 22.2 Å². The highest BCUT2D eigenvalue weighted by Gasteiger charge is 2.16. The molecule has 0 spiro atoms. The number of halogens is 1. The zero-order valence-corrected chi connectivity index (χ0v) is 10.4. The molecular weight excluding hydrogens is 268 g/mol. The fourth-order valence-electron chi connectivity index (χ4n) is 1.64. The number of ketones is 1. The van der Waals surface area contributed by atoms with Crippen molar-refractivity contribution in [2.75, 3.05) is 5.73 Å². The molecule has 2 aromatic carbocycles. The second kappa shape index (κ2) is 5.07. The first kappa shape index (κ1) is 13.0. The van der Waals surface area contributed by atoms with Crippen molar-refractivity contribution in [3.63, 3.8) is 0 Å². The molecule has 0 aliphatic carbocycles. The summed E-state index contributed by atoms with van der Waals surface area (Å²) in [6.07, 6.45) is 0. The van der Waals surface area contributed by atoms with Crippen LogP contribution in [-0.4, -0.2) is 10.7 Å². The number of carbonyl (C=O) groups is 1. The van der Waals surface area contributed by atoms with Crippen LogP contribution in [-0.2, 0) is 0 Å². The van der Waals surface area contributed by atoms with Crippen molar-refractivity contribution in [2.45, 2.75) is 0 Å². The molecule has 2 N–H and O–H groups in total. The third-order valence-electron chi connectivity index (χ3n) is 2.58. The van der Waals surface area contributed by atoms with Crippen molar-refractivity contribution in [1.29, 1.82) is 0 Å². The van der Waals surface area contributed by atoms with Crippen molar-refractivity contribution >= 4 is 28.8 Å². The number of carbonyl (C=O) groups excluding carboxylic acids is 1. The van der Waals surface area contributed by atoms with Gasteiger partial charge < -0.3 is 5.73 Å². The number of rotatable bonds is 3. The minimum absolute atomic E-state index is 0.0210. The Morgan fingerprint density at radius 3 is 2.47 bits per heavy atom. The zero-order chi connectivity index (χ0) is 14.0. The monoisotopic (exact) mass is 276 g/mol. The number of nitro groups is 1. The molecule has 0 aliphatic heterocycles. The molecule has 5 nitrogen and oxygen atoms in total. The van der Waals surface area contributed by atoms with E-state index in [2.05, 4.69) is 0 Å². The van der Waals surface area contributed by atoms with E-state index in [9.17, 15) is 14.9 Å². The van der Waals surface area contributed by atoms with E-state index in [1.54, 1.807) is 18.2 Å². The van der Waals surface area contributed by atoms with Gasteiger partial charge in [-0.3, -0.25) is 14.9 Å². The van der Waals surface area contributed by atoms with Crippen LogP contribution in [0.15, 0.2) is 42.5 Å². The molecule has 0 aliphatic rings. The fourth-order valence-corrected chi connectivity index (χ4v) is 1.83. The van der Waals surface area contributed by atoms with Crippen LogP contribution in [0.2, 0.25) is 5.02 Å². The quantitative estimate of drug-likeness (QED) is 0.404. The minimum Gasteiger partial charge on any atom is -0.393 e. The van der Waals surface area contributed by atoms with Gasteiger partial charge in [0.25, 0.3) is 5.69 Å². The van der Waals surface area contributed by atoms with Crippen LogP contribution in [0.25, 0.3) is 0 Å². The van der Waals surface area contributed by atoms with Gasteiger partial charge in [0.05, 0.1) is 4.92 Å². The van der Waals surface area contributed by atoms with Crippen LogP contribution < -0.4 is 5.73 Å². The first-order chi connectivity index (χ1) is 8.99. The number of nitro benzene ring substituents is 1. The maximum atomic E-state index is 12.2. The lowest BCUT2D eigenvalue weighted by Crippen LogP contribution is -2.03. The van der Waals surface area contributed by atoms with E-state index in [0.29, 0.717) is 10.6 Å². The average Bonchev–Trinajstić information content (AvgIpc) is 2.38. The molecule has 2 aromatic rings. The van der Waals surface area contributed by atoms with Crippen LogP contribution in [0, 0.1) is 10.1 Å². The van der Waals surface area contributed by atoms with Gasteiger partial charge in [0.1, 0.15) is 5.69 Å². The summed E-state index contributed by atoms with van der Waals surface area (Å²) in [4.78, 5) is 22.3. The molecule has 0 fully saturated rings. The van der Waals surface area contributed by atoms with Gasteiger partial charge in [-0.05, 0) is 24.3 Å². The summed E-state index contributed by atoms with van der Waals surface area (Å²) >= 11 is 5.80. The molecule has 0 saturated heterocycles. The van der Waals surface area contributed by atoms with Gasteiger partial charge in [0.15, 0.2) is 5.78 Å². The molecule has 6 heteroatoms. The first-order valence-corrected chi connectivity index (χ1v) is 5.71. The largest absolute Gasteiger partial charge is 0.393 e.